The molecule has 15 heavy (non-hydrogen) atoms. The predicted molar refractivity (Wildman–Crippen MR) is 45.3 cm³/mol. The van der Waals surface area contributed by atoms with Crippen LogP contribution in [0.4, 0.5) is 14.5 Å². The molecule has 0 aromatic carbocycles. The Morgan fingerprint density at radius 2 is 2.27 bits per heavy atom. The molecule has 0 saturated heterocycles. The lowest BCUT2D eigenvalue weighted by atomic mass is 10.1. The highest BCUT2D eigenvalue weighted by Gasteiger charge is 2.24. The number of aromatic nitrogens is 1. The first-order chi connectivity index (χ1) is 6.99. The van der Waals surface area contributed by atoms with E-state index in [-0.39, 0.29) is 5.56 Å². The van der Waals surface area contributed by atoms with Gasteiger partial charge in [0.15, 0.2) is 0 Å². The number of rotatable bonds is 2. The summed E-state index contributed by atoms with van der Waals surface area (Å²) in [7, 11) is 0. The van der Waals surface area contributed by atoms with E-state index in [1.807, 2.05) is 0 Å². The standard InChI is InChI=1S/C8H5F2N3O2/c1-4-6(13(14)15)3-12-5(2-11)7(4)8(9)10/h3,8H,1H3. The third-order valence-corrected chi connectivity index (χ3v) is 1.88. The summed E-state index contributed by atoms with van der Waals surface area (Å²) < 4.78 is 25.0. The van der Waals surface area contributed by atoms with Gasteiger partial charge in [-0.1, -0.05) is 0 Å². The molecule has 0 atom stereocenters. The molecule has 1 rings (SSSR count). The summed E-state index contributed by atoms with van der Waals surface area (Å²) in [6.07, 6.45) is -2.15. The van der Waals surface area contributed by atoms with Gasteiger partial charge in [-0.3, -0.25) is 10.1 Å². The van der Waals surface area contributed by atoms with Gasteiger partial charge in [-0.05, 0) is 6.92 Å². The second kappa shape index (κ2) is 3.96. The highest BCUT2D eigenvalue weighted by Crippen LogP contribution is 2.30. The molecule has 78 valence electrons. The fraction of sp³-hybridized carbons (Fsp3) is 0.250. The molecular formula is C8H5F2N3O2. The molecule has 1 aromatic rings. The molecule has 1 heterocycles. The van der Waals surface area contributed by atoms with E-state index in [0.717, 1.165) is 6.20 Å². The quantitative estimate of drug-likeness (QED) is 0.556. The Morgan fingerprint density at radius 1 is 1.67 bits per heavy atom. The monoisotopic (exact) mass is 213 g/mol. The number of hydrogen-bond acceptors (Lipinski definition) is 4. The largest absolute Gasteiger partial charge is 0.291 e. The third-order valence-electron chi connectivity index (χ3n) is 1.88. The van der Waals surface area contributed by atoms with Crippen molar-refractivity contribution in [2.24, 2.45) is 0 Å². The lowest BCUT2D eigenvalue weighted by molar-refractivity contribution is -0.385. The molecule has 0 spiro atoms. The van der Waals surface area contributed by atoms with Crippen molar-refractivity contribution < 1.29 is 13.7 Å². The van der Waals surface area contributed by atoms with Gasteiger partial charge in [0.25, 0.3) is 12.1 Å². The van der Waals surface area contributed by atoms with Gasteiger partial charge >= 0.3 is 0 Å². The summed E-state index contributed by atoms with van der Waals surface area (Å²) in [5.74, 6) is 0. The van der Waals surface area contributed by atoms with Crippen molar-refractivity contribution in [3.8, 4) is 6.07 Å². The summed E-state index contributed by atoms with van der Waals surface area (Å²) in [6.45, 7) is 1.17. The maximum Gasteiger partial charge on any atom is 0.291 e. The molecule has 7 heteroatoms. The van der Waals surface area contributed by atoms with E-state index in [1.165, 1.54) is 13.0 Å². The van der Waals surface area contributed by atoms with Gasteiger partial charge in [-0.2, -0.15) is 5.26 Å². The smallest absolute Gasteiger partial charge is 0.258 e. The number of nitro groups is 1. The topological polar surface area (TPSA) is 79.8 Å². The minimum absolute atomic E-state index is 0.221. The van der Waals surface area contributed by atoms with Crippen LogP contribution in [0.3, 0.4) is 0 Å². The van der Waals surface area contributed by atoms with Crippen LogP contribution in [0.25, 0.3) is 0 Å². The Kier molecular flexibility index (Phi) is 2.90. The van der Waals surface area contributed by atoms with Crippen molar-refractivity contribution in [2.45, 2.75) is 13.3 Å². The average molecular weight is 213 g/mol. The van der Waals surface area contributed by atoms with E-state index in [0.29, 0.717) is 0 Å². The van der Waals surface area contributed by atoms with Crippen LogP contribution in [-0.4, -0.2) is 9.91 Å². The molecule has 0 fully saturated rings. The fourth-order valence-electron chi connectivity index (χ4n) is 1.15. The van der Waals surface area contributed by atoms with Gasteiger partial charge in [0.05, 0.1) is 10.5 Å². The number of nitriles is 1. The zero-order chi connectivity index (χ0) is 11.6. The van der Waals surface area contributed by atoms with E-state index in [4.69, 9.17) is 5.26 Å². The lowest BCUT2D eigenvalue weighted by Gasteiger charge is -2.05. The van der Waals surface area contributed by atoms with E-state index in [2.05, 4.69) is 4.98 Å². The Balaban J connectivity index is 3.51. The number of nitrogens with zero attached hydrogens (tertiary/aromatic N) is 3. The highest BCUT2D eigenvalue weighted by atomic mass is 19.3. The molecule has 0 aliphatic rings. The van der Waals surface area contributed by atoms with Crippen LogP contribution in [0.1, 0.15) is 23.2 Å². The van der Waals surface area contributed by atoms with Gasteiger partial charge in [0, 0.05) is 5.56 Å². The average Bonchev–Trinajstić information content (AvgIpc) is 2.15. The van der Waals surface area contributed by atoms with E-state index in [9.17, 15) is 18.9 Å². The first-order valence-corrected chi connectivity index (χ1v) is 3.81. The zero-order valence-corrected chi connectivity index (χ0v) is 7.57. The Labute approximate surface area is 83.1 Å². The molecule has 0 unspecified atom stereocenters. The number of alkyl halides is 2. The molecule has 5 nitrogen and oxygen atoms in total. The Hall–Kier alpha value is -2.10. The van der Waals surface area contributed by atoms with Crippen molar-refractivity contribution in [2.75, 3.05) is 0 Å². The van der Waals surface area contributed by atoms with Crippen molar-refractivity contribution in [1.82, 2.24) is 4.98 Å². The molecule has 0 N–H and O–H groups in total. The molecule has 0 amide bonds. The van der Waals surface area contributed by atoms with Gasteiger partial charge in [-0.15, -0.1) is 0 Å². The molecular weight excluding hydrogens is 208 g/mol. The van der Waals surface area contributed by atoms with Gasteiger partial charge in [0.1, 0.15) is 18.0 Å². The van der Waals surface area contributed by atoms with Crippen LogP contribution in [-0.2, 0) is 0 Å². The first-order valence-electron chi connectivity index (χ1n) is 3.81. The molecule has 0 bridgehead atoms. The maximum atomic E-state index is 12.5. The molecule has 0 aliphatic heterocycles. The van der Waals surface area contributed by atoms with E-state index >= 15 is 0 Å². The minimum Gasteiger partial charge on any atom is -0.258 e. The van der Waals surface area contributed by atoms with Crippen molar-refractivity contribution >= 4 is 5.69 Å². The van der Waals surface area contributed by atoms with Crippen LogP contribution in [0.15, 0.2) is 6.20 Å². The predicted octanol–water partition coefficient (Wildman–Crippen LogP) is 2.11. The Bertz CT molecular complexity index is 454. The Morgan fingerprint density at radius 3 is 2.67 bits per heavy atom. The van der Waals surface area contributed by atoms with Gasteiger partial charge in [-0.25, -0.2) is 13.8 Å². The van der Waals surface area contributed by atoms with Crippen LogP contribution >= 0.6 is 0 Å². The number of hydrogen-bond donors (Lipinski definition) is 0. The highest BCUT2D eigenvalue weighted by molar-refractivity contribution is 5.48. The van der Waals surface area contributed by atoms with Gasteiger partial charge in [0.2, 0.25) is 0 Å². The molecule has 0 saturated carbocycles. The van der Waals surface area contributed by atoms with Crippen molar-refractivity contribution in [3.05, 3.63) is 33.1 Å². The summed E-state index contributed by atoms with van der Waals surface area (Å²) >= 11 is 0. The number of halogens is 2. The summed E-state index contributed by atoms with van der Waals surface area (Å²) in [5, 5.41) is 18.9. The zero-order valence-electron chi connectivity index (χ0n) is 7.57. The third kappa shape index (κ3) is 1.88. The molecule has 0 radical (unpaired) electrons. The lowest BCUT2D eigenvalue weighted by Crippen LogP contribution is -2.02. The molecule has 0 aliphatic carbocycles. The molecule has 1 aromatic heterocycles. The summed E-state index contributed by atoms with van der Waals surface area (Å²) in [4.78, 5) is 12.9. The summed E-state index contributed by atoms with van der Waals surface area (Å²) in [5.41, 5.74) is -1.88. The number of pyridine rings is 1. The minimum atomic E-state index is -2.95. The van der Waals surface area contributed by atoms with Crippen LogP contribution in [0, 0.1) is 28.4 Å². The maximum absolute atomic E-state index is 12.5. The van der Waals surface area contributed by atoms with Gasteiger partial charge < -0.3 is 0 Å². The normalized spacial score (nSPS) is 10.1. The van der Waals surface area contributed by atoms with Crippen LogP contribution in [0.5, 0.6) is 0 Å². The van der Waals surface area contributed by atoms with Crippen molar-refractivity contribution in [1.29, 1.82) is 5.26 Å². The first kappa shape index (κ1) is 11.0. The fourth-order valence-corrected chi connectivity index (χ4v) is 1.15. The van der Waals surface area contributed by atoms with Crippen LogP contribution < -0.4 is 0 Å². The van der Waals surface area contributed by atoms with Crippen LogP contribution in [0.2, 0.25) is 0 Å². The van der Waals surface area contributed by atoms with E-state index < -0.39 is 28.3 Å². The summed E-state index contributed by atoms with van der Waals surface area (Å²) in [6, 6.07) is 1.47. The second-order valence-corrected chi connectivity index (χ2v) is 2.70. The SMILES string of the molecule is Cc1c([N+](=O)[O-])cnc(C#N)c1C(F)F. The van der Waals surface area contributed by atoms with E-state index in [1.54, 1.807) is 0 Å². The second-order valence-electron chi connectivity index (χ2n) is 2.70. The van der Waals surface area contributed by atoms with Crippen molar-refractivity contribution in [3.63, 3.8) is 0 Å².